The molecule has 0 aliphatic rings. The van der Waals surface area contributed by atoms with Gasteiger partial charge in [0.1, 0.15) is 5.76 Å². The monoisotopic (exact) mass is 286 g/mol. The first-order valence-corrected chi connectivity index (χ1v) is 7.34. The van der Waals surface area contributed by atoms with Gasteiger partial charge in [-0.1, -0.05) is 6.92 Å². The van der Waals surface area contributed by atoms with E-state index in [1.807, 2.05) is 44.2 Å². The van der Waals surface area contributed by atoms with Crippen molar-refractivity contribution in [3.8, 4) is 0 Å². The van der Waals surface area contributed by atoms with E-state index in [2.05, 4.69) is 17.6 Å². The van der Waals surface area contributed by atoms with Crippen LogP contribution >= 0.6 is 0 Å². The largest absolute Gasteiger partial charge is 0.467 e. The van der Waals surface area contributed by atoms with Gasteiger partial charge in [0.05, 0.1) is 12.3 Å². The van der Waals surface area contributed by atoms with E-state index >= 15 is 0 Å². The van der Waals surface area contributed by atoms with Crippen molar-refractivity contribution in [2.75, 3.05) is 11.9 Å². The molecule has 0 aliphatic carbocycles. The number of hydrogen-bond donors (Lipinski definition) is 2. The summed E-state index contributed by atoms with van der Waals surface area (Å²) in [6.07, 6.45) is 2.61. The molecule has 1 amide bonds. The molecule has 0 saturated heterocycles. The normalized spacial score (nSPS) is 12.0. The third-order valence-corrected chi connectivity index (χ3v) is 3.45. The van der Waals surface area contributed by atoms with Gasteiger partial charge in [0.25, 0.3) is 5.91 Å². The molecule has 0 aliphatic heterocycles. The Morgan fingerprint density at radius 3 is 2.67 bits per heavy atom. The molecular formula is C17H22N2O2. The van der Waals surface area contributed by atoms with Gasteiger partial charge in [-0.05, 0) is 56.2 Å². The minimum atomic E-state index is -0.0368. The van der Waals surface area contributed by atoms with Crippen LogP contribution in [0.5, 0.6) is 0 Å². The summed E-state index contributed by atoms with van der Waals surface area (Å²) in [6.45, 7) is 6.66. The second kappa shape index (κ2) is 6.97. The molecule has 21 heavy (non-hydrogen) atoms. The molecular weight excluding hydrogens is 264 g/mol. The van der Waals surface area contributed by atoms with Crippen LogP contribution in [0.2, 0.25) is 0 Å². The number of nitrogens with one attached hydrogen (secondary N) is 2. The molecule has 4 heteroatoms. The second-order valence-electron chi connectivity index (χ2n) is 5.01. The van der Waals surface area contributed by atoms with Crippen LogP contribution in [-0.2, 0) is 0 Å². The van der Waals surface area contributed by atoms with Gasteiger partial charge in [0, 0.05) is 17.8 Å². The van der Waals surface area contributed by atoms with Crippen LogP contribution in [0.3, 0.4) is 0 Å². The van der Waals surface area contributed by atoms with Crippen molar-refractivity contribution in [2.45, 2.75) is 33.2 Å². The van der Waals surface area contributed by atoms with Gasteiger partial charge < -0.3 is 15.1 Å². The summed E-state index contributed by atoms with van der Waals surface area (Å²) in [5.74, 6) is 0.884. The van der Waals surface area contributed by atoms with Crippen LogP contribution in [0.15, 0.2) is 41.0 Å². The van der Waals surface area contributed by atoms with E-state index in [1.54, 1.807) is 6.26 Å². The highest BCUT2D eigenvalue weighted by Crippen LogP contribution is 2.25. The van der Waals surface area contributed by atoms with Crippen molar-refractivity contribution < 1.29 is 9.21 Å². The van der Waals surface area contributed by atoms with Crippen molar-refractivity contribution in [1.29, 1.82) is 0 Å². The van der Waals surface area contributed by atoms with Crippen molar-refractivity contribution in [3.63, 3.8) is 0 Å². The number of hydrogen-bond acceptors (Lipinski definition) is 3. The number of benzene rings is 1. The Morgan fingerprint density at radius 1 is 1.29 bits per heavy atom. The van der Waals surface area contributed by atoms with Crippen LogP contribution in [-0.4, -0.2) is 12.5 Å². The Morgan fingerprint density at radius 2 is 2.10 bits per heavy atom. The van der Waals surface area contributed by atoms with Crippen LogP contribution < -0.4 is 10.6 Å². The molecule has 1 aromatic carbocycles. The Balaban J connectivity index is 2.15. The number of rotatable bonds is 6. The second-order valence-corrected chi connectivity index (χ2v) is 5.01. The first-order valence-electron chi connectivity index (χ1n) is 7.34. The Bertz CT molecular complexity index is 591. The van der Waals surface area contributed by atoms with E-state index in [0.717, 1.165) is 23.4 Å². The zero-order valence-electron chi connectivity index (χ0n) is 12.8. The summed E-state index contributed by atoms with van der Waals surface area (Å²) < 4.78 is 5.47. The molecule has 0 radical (unpaired) electrons. The van der Waals surface area contributed by atoms with Gasteiger partial charge in [-0.25, -0.2) is 0 Å². The minimum Gasteiger partial charge on any atom is -0.467 e. The lowest BCUT2D eigenvalue weighted by Crippen LogP contribution is -2.22. The molecule has 1 unspecified atom stereocenters. The first kappa shape index (κ1) is 15.2. The van der Waals surface area contributed by atoms with E-state index in [-0.39, 0.29) is 11.9 Å². The summed E-state index contributed by atoms with van der Waals surface area (Å²) >= 11 is 0. The number of amides is 1. The summed E-state index contributed by atoms with van der Waals surface area (Å²) in [5.41, 5.74) is 2.75. The summed E-state index contributed by atoms with van der Waals surface area (Å²) in [6, 6.07) is 9.70. The quantitative estimate of drug-likeness (QED) is 0.846. The zero-order valence-corrected chi connectivity index (χ0v) is 12.8. The first-order chi connectivity index (χ1) is 10.2. The maximum Gasteiger partial charge on any atom is 0.251 e. The smallest absolute Gasteiger partial charge is 0.251 e. The van der Waals surface area contributed by atoms with Gasteiger partial charge in [0.15, 0.2) is 0 Å². The van der Waals surface area contributed by atoms with E-state index in [4.69, 9.17) is 4.42 Å². The summed E-state index contributed by atoms with van der Waals surface area (Å²) in [4.78, 5) is 11.8. The standard InChI is InChI=1S/C17H22N2O2/c1-4-14(16-7-6-10-21-16)19-15-9-8-13(11-12(15)3)17(20)18-5-2/h6-11,14,19H,4-5H2,1-3H3,(H,18,20). The van der Waals surface area contributed by atoms with Gasteiger partial charge in [-0.3, -0.25) is 4.79 Å². The molecule has 0 saturated carbocycles. The van der Waals surface area contributed by atoms with Gasteiger partial charge >= 0.3 is 0 Å². The lowest BCUT2D eigenvalue weighted by Gasteiger charge is -2.18. The van der Waals surface area contributed by atoms with E-state index < -0.39 is 0 Å². The zero-order chi connectivity index (χ0) is 15.2. The number of furan rings is 1. The van der Waals surface area contributed by atoms with Gasteiger partial charge in [-0.15, -0.1) is 0 Å². The van der Waals surface area contributed by atoms with E-state index in [1.165, 1.54) is 0 Å². The molecule has 2 N–H and O–H groups in total. The highest BCUT2D eigenvalue weighted by Gasteiger charge is 2.14. The Kier molecular flexibility index (Phi) is 5.04. The third kappa shape index (κ3) is 3.66. The molecule has 112 valence electrons. The number of anilines is 1. The van der Waals surface area contributed by atoms with Crippen molar-refractivity contribution in [1.82, 2.24) is 5.32 Å². The number of carbonyl (C=O) groups excluding carboxylic acids is 1. The predicted molar refractivity (Wildman–Crippen MR) is 84.5 cm³/mol. The highest BCUT2D eigenvalue weighted by molar-refractivity contribution is 5.94. The Labute approximate surface area is 125 Å². The molecule has 2 rings (SSSR count). The molecule has 1 heterocycles. The van der Waals surface area contributed by atoms with E-state index in [9.17, 15) is 4.79 Å². The SMILES string of the molecule is CCNC(=O)c1ccc(NC(CC)c2ccco2)c(C)c1. The van der Waals surface area contributed by atoms with Crippen LogP contribution in [0.25, 0.3) is 0 Å². The van der Waals surface area contributed by atoms with Gasteiger partial charge in [0.2, 0.25) is 0 Å². The van der Waals surface area contributed by atoms with E-state index in [0.29, 0.717) is 12.1 Å². The fraction of sp³-hybridized carbons (Fsp3) is 0.353. The maximum atomic E-state index is 11.8. The lowest BCUT2D eigenvalue weighted by atomic mass is 10.1. The van der Waals surface area contributed by atoms with Crippen molar-refractivity contribution in [2.24, 2.45) is 0 Å². The molecule has 2 aromatic rings. The van der Waals surface area contributed by atoms with Crippen LogP contribution in [0.1, 0.15) is 48.0 Å². The third-order valence-electron chi connectivity index (χ3n) is 3.45. The molecule has 1 atom stereocenters. The molecule has 0 spiro atoms. The topological polar surface area (TPSA) is 54.3 Å². The molecule has 4 nitrogen and oxygen atoms in total. The molecule has 0 fully saturated rings. The minimum absolute atomic E-state index is 0.0368. The summed E-state index contributed by atoms with van der Waals surface area (Å²) in [5, 5.41) is 6.28. The predicted octanol–water partition coefficient (Wildman–Crippen LogP) is 3.90. The van der Waals surface area contributed by atoms with Crippen molar-refractivity contribution in [3.05, 3.63) is 53.5 Å². The summed E-state index contributed by atoms with van der Waals surface area (Å²) in [7, 11) is 0. The fourth-order valence-electron chi connectivity index (χ4n) is 2.28. The molecule has 0 bridgehead atoms. The number of carbonyl (C=O) groups is 1. The van der Waals surface area contributed by atoms with Gasteiger partial charge in [-0.2, -0.15) is 0 Å². The maximum absolute atomic E-state index is 11.8. The lowest BCUT2D eigenvalue weighted by molar-refractivity contribution is 0.0956. The average Bonchev–Trinajstić information content (AvgIpc) is 3.00. The average molecular weight is 286 g/mol. The highest BCUT2D eigenvalue weighted by atomic mass is 16.3. The number of aryl methyl sites for hydroxylation is 1. The fourth-order valence-corrected chi connectivity index (χ4v) is 2.28. The van der Waals surface area contributed by atoms with Crippen LogP contribution in [0, 0.1) is 6.92 Å². The molecule has 1 aromatic heterocycles. The van der Waals surface area contributed by atoms with Crippen molar-refractivity contribution >= 4 is 11.6 Å². The Hall–Kier alpha value is -2.23. The van der Waals surface area contributed by atoms with Crippen LogP contribution in [0.4, 0.5) is 5.69 Å².